The second-order valence-electron chi connectivity index (χ2n) is 3.50. The van der Waals surface area contributed by atoms with Crippen molar-refractivity contribution in [2.24, 2.45) is 10.7 Å². The van der Waals surface area contributed by atoms with Crippen LogP contribution in [0, 0.1) is 0 Å². The third kappa shape index (κ3) is 7.75. The highest BCUT2D eigenvalue weighted by molar-refractivity contribution is 14.0. The number of guanidine groups is 1. The Morgan fingerprint density at radius 2 is 2.06 bits per heavy atom. The first-order valence-electron chi connectivity index (χ1n) is 5.64. The van der Waals surface area contributed by atoms with Crippen molar-refractivity contribution in [1.29, 1.82) is 0 Å². The van der Waals surface area contributed by atoms with E-state index in [0.717, 1.165) is 23.2 Å². The van der Waals surface area contributed by atoms with E-state index >= 15 is 0 Å². The van der Waals surface area contributed by atoms with E-state index in [2.05, 4.69) is 33.2 Å². The fourth-order valence-electron chi connectivity index (χ4n) is 1.17. The van der Waals surface area contributed by atoms with Crippen LogP contribution in [-0.2, 0) is 0 Å². The molecule has 0 bridgehead atoms. The van der Waals surface area contributed by atoms with E-state index in [0.29, 0.717) is 19.1 Å². The van der Waals surface area contributed by atoms with Crippen LogP contribution in [0.25, 0.3) is 0 Å². The van der Waals surface area contributed by atoms with Gasteiger partial charge in [-0.05, 0) is 30.7 Å². The predicted octanol–water partition coefficient (Wildman–Crippen LogP) is 2.76. The summed E-state index contributed by atoms with van der Waals surface area (Å²) in [5.41, 5.74) is 5.64. The topological polar surface area (TPSA) is 59.6 Å². The number of hydrogen-bond donors (Lipinski definition) is 2. The van der Waals surface area contributed by atoms with Gasteiger partial charge in [0, 0.05) is 11.0 Å². The van der Waals surface area contributed by atoms with Crippen LogP contribution in [0.4, 0.5) is 0 Å². The number of nitrogens with two attached hydrogens (primary N) is 1. The van der Waals surface area contributed by atoms with Gasteiger partial charge in [-0.1, -0.05) is 22.9 Å². The summed E-state index contributed by atoms with van der Waals surface area (Å²) in [5, 5.41) is 2.99. The van der Waals surface area contributed by atoms with Crippen LogP contribution >= 0.6 is 39.9 Å². The summed E-state index contributed by atoms with van der Waals surface area (Å²) in [5.74, 6) is 1.32. The predicted molar refractivity (Wildman–Crippen MR) is 89.8 cm³/mol. The average molecular weight is 428 g/mol. The maximum Gasteiger partial charge on any atom is 0.188 e. The van der Waals surface area contributed by atoms with Crippen molar-refractivity contribution in [3.05, 3.63) is 28.7 Å². The van der Waals surface area contributed by atoms with Gasteiger partial charge < -0.3 is 15.8 Å². The molecule has 0 aliphatic rings. The van der Waals surface area contributed by atoms with Crippen molar-refractivity contribution in [2.45, 2.75) is 13.3 Å². The van der Waals surface area contributed by atoms with Crippen LogP contribution in [0.1, 0.15) is 13.3 Å². The van der Waals surface area contributed by atoms with E-state index in [1.165, 1.54) is 0 Å². The smallest absolute Gasteiger partial charge is 0.188 e. The van der Waals surface area contributed by atoms with Crippen molar-refractivity contribution in [1.82, 2.24) is 5.32 Å². The van der Waals surface area contributed by atoms with Crippen LogP contribution in [-0.4, -0.2) is 25.7 Å². The fourth-order valence-corrected chi connectivity index (χ4v) is 1.43. The van der Waals surface area contributed by atoms with Gasteiger partial charge in [-0.25, -0.2) is 0 Å². The van der Waals surface area contributed by atoms with Gasteiger partial charge in [0.05, 0.1) is 6.54 Å². The van der Waals surface area contributed by atoms with Crippen LogP contribution < -0.4 is 15.8 Å². The largest absolute Gasteiger partial charge is 0.492 e. The molecule has 0 aromatic heterocycles. The first-order valence-corrected chi connectivity index (χ1v) is 6.44. The number of aliphatic imine (C=N–C) groups is 1. The highest BCUT2D eigenvalue weighted by Crippen LogP contribution is 2.15. The standard InChI is InChI=1S/C12H18BrN3O.HI/c1-2-7-15-12(14)16-8-9-17-11-5-3-10(13)4-6-11;/h3-6H,2,7-9H2,1H3,(H3,14,15,16);1H. The van der Waals surface area contributed by atoms with Gasteiger partial charge in [0.15, 0.2) is 5.96 Å². The van der Waals surface area contributed by atoms with Crippen molar-refractivity contribution in [2.75, 3.05) is 19.7 Å². The zero-order valence-electron chi connectivity index (χ0n) is 10.4. The molecule has 0 saturated heterocycles. The number of nitrogens with zero attached hydrogens (tertiary/aromatic N) is 1. The molecule has 3 N–H and O–H groups in total. The second-order valence-corrected chi connectivity index (χ2v) is 4.41. The van der Waals surface area contributed by atoms with Gasteiger partial charge in [-0.2, -0.15) is 0 Å². The summed E-state index contributed by atoms with van der Waals surface area (Å²) >= 11 is 3.37. The van der Waals surface area contributed by atoms with Crippen molar-refractivity contribution in [3.63, 3.8) is 0 Å². The molecule has 1 rings (SSSR count). The number of rotatable bonds is 6. The summed E-state index contributed by atoms with van der Waals surface area (Å²) in [6.07, 6.45) is 0.998. The summed E-state index contributed by atoms with van der Waals surface area (Å²) in [4.78, 5) is 4.12. The molecule has 1 aromatic carbocycles. The monoisotopic (exact) mass is 427 g/mol. The summed E-state index contributed by atoms with van der Waals surface area (Å²) in [6.45, 7) is 4.03. The Labute approximate surface area is 134 Å². The Bertz CT molecular complexity index is 357. The van der Waals surface area contributed by atoms with Crippen molar-refractivity contribution >= 4 is 45.9 Å². The van der Waals surface area contributed by atoms with Crippen molar-refractivity contribution < 1.29 is 4.74 Å². The number of benzene rings is 1. The first-order chi connectivity index (χ1) is 8.22. The molecule has 0 heterocycles. The van der Waals surface area contributed by atoms with E-state index in [9.17, 15) is 0 Å². The Morgan fingerprint density at radius 1 is 1.39 bits per heavy atom. The minimum Gasteiger partial charge on any atom is -0.492 e. The van der Waals surface area contributed by atoms with Crippen LogP contribution in [0.3, 0.4) is 0 Å². The quantitative estimate of drug-likeness (QED) is 0.317. The second kappa shape index (κ2) is 10.4. The van der Waals surface area contributed by atoms with E-state index in [-0.39, 0.29) is 24.0 Å². The average Bonchev–Trinajstić information content (AvgIpc) is 2.34. The molecule has 0 fully saturated rings. The lowest BCUT2D eigenvalue weighted by Gasteiger charge is -2.08. The molecule has 0 spiro atoms. The Morgan fingerprint density at radius 3 is 2.67 bits per heavy atom. The number of ether oxygens (including phenoxy) is 1. The third-order valence-corrected chi connectivity index (χ3v) is 2.52. The van der Waals surface area contributed by atoms with E-state index in [1.807, 2.05) is 24.3 Å². The summed E-state index contributed by atoms with van der Waals surface area (Å²) in [6, 6.07) is 7.72. The Hall–Kier alpha value is -0.500. The first kappa shape index (κ1) is 17.5. The SMILES string of the molecule is CCCN=C(N)NCCOc1ccc(Br)cc1.I. The fraction of sp³-hybridized carbons (Fsp3) is 0.417. The lowest BCUT2D eigenvalue weighted by atomic mass is 10.3. The minimum atomic E-state index is 0. The highest BCUT2D eigenvalue weighted by atomic mass is 127. The van der Waals surface area contributed by atoms with Crippen molar-refractivity contribution in [3.8, 4) is 5.75 Å². The maximum atomic E-state index is 5.64. The maximum absolute atomic E-state index is 5.64. The minimum absolute atomic E-state index is 0. The molecule has 4 nitrogen and oxygen atoms in total. The van der Waals surface area contributed by atoms with Gasteiger partial charge in [0.1, 0.15) is 12.4 Å². The number of halogens is 2. The normalized spacial score (nSPS) is 10.7. The molecule has 1 aromatic rings. The lowest BCUT2D eigenvalue weighted by molar-refractivity contribution is 0.322. The molecule has 0 unspecified atom stereocenters. The van der Waals surface area contributed by atoms with E-state index in [1.54, 1.807) is 0 Å². The van der Waals surface area contributed by atoms with Crippen LogP contribution in [0.15, 0.2) is 33.7 Å². The molecule has 6 heteroatoms. The summed E-state index contributed by atoms with van der Waals surface area (Å²) < 4.78 is 6.56. The van der Waals surface area contributed by atoms with Gasteiger partial charge in [0.25, 0.3) is 0 Å². The Kier molecular flexibility index (Phi) is 10.1. The molecular formula is C12H19BrIN3O. The zero-order valence-corrected chi connectivity index (χ0v) is 14.3. The number of nitrogens with one attached hydrogen (secondary N) is 1. The summed E-state index contributed by atoms with van der Waals surface area (Å²) in [7, 11) is 0. The molecule has 0 aliphatic carbocycles. The van der Waals surface area contributed by atoms with Crippen LogP contribution in [0.2, 0.25) is 0 Å². The van der Waals surface area contributed by atoms with Gasteiger partial charge in [0.2, 0.25) is 0 Å². The highest BCUT2D eigenvalue weighted by Gasteiger charge is 1.94. The number of hydrogen-bond acceptors (Lipinski definition) is 2. The van der Waals surface area contributed by atoms with Gasteiger partial charge in [-0.3, -0.25) is 4.99 Å². The van der Waals surface area contributed by atoms with Crippen LogP contribution in [0.5, 0.6) is 5.75 Å². The molecule has 0 atom stereocenters. The molecule has 18 heavy (non-hydrogen) atoms. The lowest BCUT2D eigenvalue weighted by Crippen LogP contribution is -2.34. The molecule has 0 saturated carbocycles. The van der Waals surface area contributed by atoms with E-state index in [4.69, 9.17) is 10.5 Å². The molecule has 102 valence electrons. The Balaban J connectivity index is 0.00000289. The third-order valence-electron chi connectivity index (χ3n) is 2.00. The molecule has 0 amide bonds. The zero-order chi connectivity index (χ0) is 12.5. The van der Waals surface area contributed by atoms with Gasteiger partial charge >= 0.3 is 0 Å². The molecular weight excluding hydrogens is 409 g/mol. The van der Waals surface area contributed by atoms with Gasteiger partial charge in [-0.15, -0.1) is 24.0 Å². The molecule has 0 aliphatic heterocycles. The van der Waals surface area contributed by atoms with E-state index < -0.39 is 0 Å². The molecule has 0 radical (unpaired) electrons.